The molecular weight excluding hydrogens is 292 g/mol. The highest BCUT2D eigenvalue weighted by molar-refractivity contribution is 7.10. The minimum Gasteiger partial charge on any atom is -0.376 e. The summed E-state index contributed by atoms with van der Waals surface area (Å²) in [6.07, 6.45) is 2.17. The van der Waals surface area contributed by atoms with Crippen LogP contribution >= 0.6 is 11.3 Å². The van der Waals surface area contributed by atoms with Gasteiger partial charge in [0.2, 0.25) is 5.91 Å². The first-order valence-electron chi connectivity index (χ1n) is 7.79. The molecule has 1 aliphatic heterocycles. The molecule has 0 unspecified atom stereocenters. The van der Waals surface area contributed by atoms with E-state index >= 15 is 0 Å². The molecule has 2 aromatic rings. The van der Waals surface area contributed by atoms with Crippen molar-refractivity contribution in [3.8, 4) is 0 Å². The molecule has 0 radical (unpaired) electrons. The van der Waals surface area contributed by atoms with Crippen molar-refractivity contribution in [2.24, 2.45) is 0 Å². The van der Waals surface area contributed by atoms with Gasteiger partial charge in [0, 0.05) is 17.1 Å². The Morgan fingerprint density at radius 3 is 2.95 bits per heavy atom. The van der Waals surface area contributed by atoms with Gasteiger partial charge in [-0.2, -0.15) is 0 Å². The standard InChI is InChI=1S/C18H22N2OS/c1-13-7-8-15(14(2)11-13)19-12-18(21)20-9-3-5-16(20)17-6-4-10-22-17/h4,6-8,10-11,16,19H,3,5,9,12H2,1-2H3/t16-/m1/s1. The molecule has 3 rings (SSSR count). The number of amides is 1. The Morgan fingerprint density at radius 1 is 1.36 bits per heavy atom. The van der Waals surface area contributed by atoms with Gasteiger partial charge in [-0.1, -0.05) is 23.8 Å². The van der Waals surface area contributed by atoms with Crippen molar-refractivity contribution in [2.75, 3.05) is 18.4 Å². The van der Waals surface area contributed by atoms with Gasteiger partial charge in [0.15, 0.2) is 0 Å². The highest BCUT2D eigenvalue weighted by Crippen LogP contribution is 2.34. The molecule has 0 bridgehead atoms. The van der Waals surface area contributed by atoms with E-state index in [1.807, 2.05) is 4.90 Å². The third-order valence-corrected chi connectivity index (χ3v) is 5.23. The monoisotopic (exact) mass is 314 g/mol. The van der Waals surface area contributed by atoms with Crippen LogP contribution in [-0.2, 0) is 4.79 Å². The molecule has 2 heterocycles. The average molecular weight is 314 g/mol. The number of hydrogen-bond donors (Lipinski definition) is 1. The van der Waals surface area contributed by atoms with Crippen LogP contribution in [0.3, 0.4) is 0 Å². The molecule has 0 saturated carbocycles. The fraction of sp³-hybridized carbons (Fsp3) is 0.389. The van der Waals surface area contributed by atoms with Crippen molar-refractivity contribution in [1.29, 1.82) is 0 Å². The SMILES string of the molecule is Cc1ccc(NCC(=O)N2CCC[C@@H]2c2cccs2)c(C)c1. The van der Waals surface area contributed by atoms with Gasteiger partial charge in [-0.25, -0.2) is 0 Å². The molecule has 0 aliphatic carbocycles. The van der Waals surface area contributed by atoms with Crippen LogP contribution in [0.5, 0.6) is 0 Å². The summed E-state index contributed by atoms with van der Waals surface area (Å²) in [6.45, 7) is 5.39. The van der Waals surface area contributed by atoms with Crippen molar-refractivity contribution in [3.05, 3.63) is 51.7 Å². The molecule has 1 saturated heterocycles. The van der Waals surface area contributed by atoms with Crippen LogP contribution < -0.4 is 5.32 Å². The third kappa shape index (κ3) is 3.17. The predicted octanol–water partition coefficient (Wildman–Crippen LogP) is 4.14. The molecule has 4 heteroatoms. The smallest absolute Gasteiger partial charge is 0.242 e. The van der Waals surface area contributed by atoms with Gasteiger partial charge in [0.25, 0.3) is 0 Å². The largest absolute Gasteiger partial charge is 0.376 e. The molecule has 1 amide bonds. The average Bonchev–Trinajstić information content (AvgIpc) is 3.16. The first-order valence-corrected chi connectivity index (χ1v) is 8.67. The van der Waals surface area contributed by atoms with Crippen LogP contribution in [0.4, 0.5) is 5.69 Å². The lowest BCUT2D eigenvalue weighted by molar-refractivity contribution is -0.130. The summed E-state index contributed by atoms with van der Waals surface area (Å²) in [5, 5.41) is 5.38. The number of hydrogen-bond acceptors (Lipinski definition) is 3. The van der Waals surface area contributed by atoms with Gasteiger partial charge >= 0.3 is 0 Å². The molecule has 116 valence electrons. The van der Waals surface area contributed by atoms with E-state index in [1.165, 1.54) is 16.0 Å². The van der Waals surface area contributed by atoms with E-state index in [9.17, 15) is 4.79 Å². The maximum Gasteiger partial charge on any atom is 0.242 e. The molecule has 1 aromatic carbocycles. The topological polar surface area (TPSA) is 32.3 Å². The van der Waals surface area contributed by atoms with Gasteiger partial charge in [0.1, 0.15) is 0 Å². The minimum absolute atomic E-state index is 0.191. The fourth-order valence-corrected chi connectivity index (χ4v) is 4.00. The molecule has 1 aliphatic rings. The number of rotatable bonds is 4. The number of nitrogens with zero attached hydrogens (tertiary/aromatic N) is 1. The highest BCUT2D eigenvalue weighted by Gasteiger charge is 2.30. The predicted molar refractivity (Wildman–Crippen MR) is 92.4 cm³/mol. The normalized spacial score (nSPS) is 17.7. The number of aryl methyl sites for hydroxylation is 2. The molecule has 0 spiro atoms. The first kappa shape index (κ1) is 15.1. The second-order valence-electron chi connectivity index (χ2n) is 5.93. The van der Waals surface area contributed by atoms with Gasteiger partial charge in [-0.15, -0.1) is 11.3 Å². The number of anilines is 1. The van der Waals surface area contributed by atoms with Crippen LogP contribution in [0.15, 0.2) is 35.7 Å². The summed E-state index contributed by atoms with van der Waals surface area (Å²) in [4.78, 5) is 15.9. The maximum absolute atomic E-state index is 12.6. The van der Waals surface area contributed by atoms with Crippen LogP contribution in [0.1, 0.15) is 34.9 Å². The minimum atomic E-state index is 0.191. The van der Waals surface area contributed by atoms with Crippen LogP contribution in [0.2, 0.25) is 0 Å². The number of carbonyl (C=O) groups excluding carboxylic acids is 1. The van der Waals surface area contributed by atoms with Crippen molar-refractivity contribution in [1.82, 2.24) is 4.90 Å². The van der Waals surface area contributed by atoms with Crippen molar-refractivity contribution < 1.29 is 4.79 Å². The van der Waals surface area contributed by atoms with Crippen molar-refractivity contribution in [3.63, 3.8) is 0 Å². The quantitative estimate of drug-likeness (QED) is 0.920. The van der Waals surface area contributed by atoms with Gasteiger partial charge < -0.3 is 10.2 Å². The van der Waals surface area contributed by atoms with Crippen molar-refractivity contribution in [2.45, 2.75) is 32.7 Å². The summed E-state index contributed by atoms with van der Waals surface area (Å²) in [7, 11) is 0. The van der Waals surface area contributed by atoms with Crippen LogP contribution in [-0.4, -0.2) is 23.9 Å². The summed E-state index contributed by atoms with van der Waals surface area (Å²) >= 11 is 1.75. The number of nitrogens with one attached hydrogen (secondary N) is 1. The summed E-state index contributed by atoms with van der Waals surface area (Å²) in [5.41, 5.74) is 3.47. The zero-order valence-corrected chi connectivity index (χ0v) is 14.0. The molecular formula is C18H22N2OS. The lowest BCUT2D eigenvalue weighted by Crippen LogP contribution is -2.34. The van der Waals surface area contributed by atoms with E-state index in [4.69, 9.17) is 0 Å². The summed E-state index contributed by atoms with van der Waals surface area (Å²) in [6, 6.07) is 10.7. The third-order valence-electron chi connectivity index (χ3n) is 4.26. The number of likely N-dealkylation sites (tertiary alicyclic amines) is 1. The number of carbonyl (C=O) groups is 1. The Balaban J connectivity index is 1.64. The molecule has 3 nitrogen and oxygen atoms in total. The molecule has 1 aromatic heterocycles. The van der Waals surface area contributed by atoms with E-state index in [1.54, 1.807) is 11.3 Å². The van der Waals surface area contributed by atoms with Gasteiger partial charge in [-0.05, 0) is 49.8 Å². The van der Waals surface area contributed by atoms with E-state index in [2.05, 4.69) is 54.9 Å². The lowest BCUT2D eigenvalue weighted by atomic mass is 10.1. The lowest BCUT2D eigenvalue weighted by Gasteiger charge is -2.24. The van der Waals surface area contributed by atoms with E-state index in [0.717, 1.165) is 25.1 Å². The van der Waals surface area contributed by atoms with Crippen LogP contribution in [0.25, 0.3) is 0 Å². The van der Waals surface area contributed by atoms with E-state index in [-0.39, 0.29) is 11.9 Å². The Bertz CT molecular complexity index is 651. The molecule has 1 atom stereocenters. The van der Waals surface area contributed by atoms with E-state index in [0.29, 0.717) is 6.54 Å². The Labute approximate surface area is 136 Å². The van der Waals surface area contributed by atoms with Crippen LogP contribution in [0, 0.1) is 13.8 Å². The number of benzene rings is 1. The van der Waals surface area contributed by atoms with E-state index < -0.39 is 0 Å². The maximum atomic E-state index is 12.6. The molecule has 1 fully saturated rings. The van der Waals surface area contributed by atoms with Gasteiger partial charge in [0.05, 0.1) is 12.6 Å². The molecule has 22 heavy (non-hydrogen) atoms. The Kier molecular flexibility index (Phi) is 4.48. The van der Waals surface area contributed by atoms with Crippen molar-refractivity contribution >= 4 is 22.9 Å². The zero-order valence-electron chi connectivity index (χ0n) is 13.1. The zero-order chi connectivity index (χ0) is 15.5. The second kappa shape index (κ2) is 6.53. The highest BCUT2D eigenvalue weighted by atomic mass is 32.1. The van der Waals surface area contributed by atoms with Gasteiger partial charge in [-0.3, -0.25) is 4.79 Å². The number of thiophene rings is 1. The fourth-order valence-electron chi connectivity index (χ4n) is 3.13. The molecule has 1 N–H and O–H groups in total. The second-order valence-corrected chi connectivity index (χ2v) is 6.91. The summed E-state index contributed by atoms with van der Waals surface area (Å²) in [5.74, 6) is 0.191. The Morgan fingerprint density at radius 2 is 2.23 bits per heavy atom. The first-order chi connectivity index (χ1) is 10.6. The Hall–Kier alpha value is -1.81. The summed E-state index contributed by atoms with van der Waals surface area (Å²) < 4.78 is 0.